The second-order valence-corrected chi connectivity index (χ2v) is 4.92. The lowest BCUT2D eigenvalue weighted by atomic mass is 10.2. The molecule has 4 heteroatoms. The maximum Gasteiger partial charge on any atom is 0.228 e. The molecule has 21 heavy (non-hydrogen) atoms. The molecule has 2 aromatic carbocycles. The summed E-state index contributed by atoms with van der Waals surface area (Å²) in [4.78, 5) is 7.78. The van der Waals surface area contributed by atoms with Gasteiger partial charge in [0.2, 0.25) is 5.69 Å². The number of nitrogens with zero attached hydrogens (tertiary/aromatic N) is 2. The van der Waals surface area contributed by atoms with E-state index < -0.39 is 0 Å². The third-order valence-electron chi connectivity index (χ3n) is 3.13. The molecule has 0 amide bonds. The molecule has 0 atom stereocenters. The van der Waals surface area contributed by atoms with E-state index in [1.165, 1.54) is 0 Å². The molecule has 102 valence electrons. The van der Waals surface area contributed by atoms with Crippen LogP contribution in [0.3, 0.4) is 0 Å². The normalized spacial score (nSPS) is 10.3. The molecule has 0 saturated carbocycles. The summed E-state index contributed by atoms with van der Waals surface area (Å²) in [6.45, 7) is 7.71. The number of pyridine rings is 1. The summed E-state index contributed by atoms with van der Waals surface area (Å²) >= 11 is 6.13. The van der Waals surface area contributed by atoms with Crippen LogP contribution in [0.1, 0.15) is 5.56 Å². The number of halogens is 1. The molecule has 3 aromatic rings. The second-order valence-electron chi connectivity index (χ2n) is 4.52. The van der Waals surface area contributed by atoms with Crippen LogP contribution in [0, 0.1) is 6.57 Å². The highest BCUT2D eigenvalue weighted by Crippen LogP contribution is 2.35. The van der Waals surface area contributed by atoms with E-state index in [1.807, 2.05) is 30.3 Å². The molecule has 0 bridgehead atoms. The zero-order chi connectivity index (χ0) is 14.7. The SMILES string of the molecule is [C-]#[N+]c1cc2c(Cl)ccnc2cc1OCc1ccccc1. The predicted molar refractivity (Wildman–Crippen MR) is 83.8 cm³/mol. The minimum atomic E-state index is 0.412. The molecule has 0 aliphatic carbocycles. The summed E-state index contributed by atoms with van der Waals surface area (Å²) in [7, 11) is 0. The van der Waals surface area contributed by atoms with Crippen LogP contribution in [0.2, 0.25) is 5.02 Å². The highest BCUT2D eigenvalue weighted by Gasteiger charge is 2.09. The minimum Gasteiger partial charge on any atom is -0.500 e. The van der Waals surface area contributed by atoms with Crippen LogP contribution in [0.15, 0.2) is 54.7 Å². The Morgan fingerprint density at radius 1 is 1.14 bits per heavy atom. The van der Waals surface area contributed by atoms with Gasteiger partial charge in [0, 0.05) is 11.6 Å². The fourth-order valence-electron chi connectivity index (χ4n) is 2.07. The van der Waals surface area contributed by atoms with Gasteiger partial charge in [-0.2, -0.15) is 0 Å². The number of hydrogen-bond acceptors (Lipinski definition) is 2. The molecular weight excluding hydrogens is 284 g/mol. The Morgan fingerprint density at radius 3 is 2.71 bits per heavy atom. The van der Waals surface area contributed by atoms with E-state index in [0.717, 1.165) is 16.5 Å². The van der Waals surface area contributed by atoms with Crippen LogP contribution in [0.4, 0.5) is 5.69 Å². The van der Waals surface area contributed by atoms with E-state index in [9.17, 15) is 0 Å². The molecule has 0 saturated heterocycles. The van der Waals surface area contributed by atoms with E-state index >= 15 is 0 Å². The summed E-state index contributed by atoms with van der Waals surface area (Å²) in [5.74, 6) is 0.524. The van der Waals surface area contributed by atoms with Crippen molar-refractivity contribution >= 4 is 28.2 Å². The predicted octanol–water partition coefficient (Wildman–Crippen LogP) is 5.02. The lowest BCUT2D eigenvalue weighted by Gasteiger charge is -2.10. The smallest absolute Gasteiger partial charge is 0.228 e. The van der Waals surface area contributed by atoms with Gasteiger partial charge in [0.1, 0.15) is 12.4 Å². The monoisotopic (exact) mass is 294 g/mol. The zero-order valence-corrected chi connectivity index (χ0v) is 11.8. The van der Waals surface area contributed by atoms with Crippen molar-refractivity contribution in [3.63, 3.8) is 0 Å². The lowest BCUT2D eigenvalue weighted by Crippen LogP contribution is -1.95. The van der Waals surface area contributed by atoms with Crippen molar-refractivity contribution in [2.24, 2.45) is 0 Å². The quantitative estimate of drug-likeness (QED) is 0.634. The Morgan fingerprint density at radius 2 is 1.95 bits per heavy atom. The van der Waals surface area contributed by atoms with Crippen LogP contribution in [-0.2, 0) is 6.61 Å². The molecule has 0 aliphatic rings. The highest BCUT2D eigenvalue weighted by atomic mass is 35.5. The Bertz CT molecular complexity index is 825. The molecule has 0 fully saturated rings. The van der Waals surface area contributed by atoms with Gasteiger partial charge in [-0.05, 0) is 23.8 Å². The third-order valence-corrected chi connectivity index (χ3v) is 3.46. The number of rotatable bonds is 3. The molecule has 0 radical (unpaired) electrons. The average molecular weight is 295 g/mol. The standard InChI is InChI=1S/C17H11ClN2O/c1-19-16-9-13-14(18)7-8-20-15(13)10-17(16)21-11-12-5-3-2-4-6-12/h2-10H,11H2. The van der Waals surface area contributed by atoms with Gasteiger partial charge in [-0.3, -0.25) is 4.98 Å². The summed E-state index contributed by atoms with van der Waals surface area (Å²) in [5, 5.41) is 1.34. The molecule has 0 spiro atoms. The molecule has 0 aliphatic heterocycles. The van der Waals surface area contributed by atoms with Gasteiger partial charge in [-0.25, -0.2) is 4.85 Å². The van der Waals surface area contributed by atoms with Crippen LogP contribution in [0.25, 0.3) is 15.7 Å². The van der Waals surface area contributed by atoms with Gasteiger partial charge in [-0.15, -0.1) is 0 Å². The van der Waals surface area contributed by atoms with Crippen LogP contribution in [0.5, 0.6) is 5.75 Å². The first-order valence-corrected chi connectivity index (χ1v) is 6.78. The van der Waals surface area contributed by atoms with E-state index in [4.69, 9.17) is 22.9 Å². The number of aromatic nitrogens is 1. The van der Waals surface area contributed by atoms with Gasteiger partial charge >= 0.3 is 0 Å². The second kappa shape index (κ2) is 5.82. The van der Waals surface area contributed by atoms with Gasteiger partial charge in [-0.1, -0.05) is 41.9 Å². The zero-order valence-electron chi connectivity index (χ0n) is 11.1. The lowest BCUT2D eigenvalue weighted by molar-refractivity contribution is 0.308. The van der Waals surface area contributed by atoms with Crippen molar-refractivity contribution < 1.29 is 4.74 Å². The molecule has 0 unspecified atom stereocenters. The van der Waals surface area contributed by atoms with Crippen molar-refractivity contribution in [3.05, 3.63) is 76.7 Å². The van der Waals surface area contributed by atoms with E-state index in [-0.39, 0.29) is 0 Å². The van der Waals surface area contributed by atoms with E-state index in [1.54, 1.807) is 24.4 Å². The summed E-state index contributed by atoms with van der Waals surface area (Å²) in [5.41, 5.74) is 2.21. The van der Waals surface area contributed by atoms with E-state index in [0.29, 0.717) is 23.1 Å². The Kier molecular flexibility index (Phi) is 3.72. The fraction of sp³-hybridized carbons (Fsp3) is 0.0588. The number of ether oxygens (including phenoxy) is 1. The summed E-state index contributed by atoms with van der Waals surface area (Å²) < 4.78 is 5.77. The van der Waals surface area contributed by atoms with Crippen LogP contribution < -0.4 is 4.74 Å². The van der Waals surface area contributed by atoms with Crippen molar-refractivity contribution in [2.45, 2.75) is 6.61 Å². The van der Waals surface area contributed by atoms with Crippen molar-refractivity contribution in [1.29, 1.82) is 0 Å². The topological polar surface area (TPSA) is 26.5 Å². The van der Waals surface area contributed by atoms with Crippen molar-refractivity contribution in [1.82, 2.24) is 4.98 Å². The summed E-state index contributed by atoms with van der Waals surface area (Å²) in [6.07, 6.45) is 1.64. The van der Waals surface area contributed by atoms with Crippen molar-refractivity contribution in [3.8, 4) is 5.75 Å². The third kappa shape index (κ3) is 2.81. The molecule has 3 rings (SSSR count). The van der Waals surface area contributed by atoms with Gasteiger partial charge in [0.05, 0.1) is 17.1 Å². The largest absolute Gasteiger partial charge is 0.500 e. The first-order chi connectivity index (χ1) is 10.3. The fourth-order valence-corrected chi connectivity index (χ4v) is 2.27. The maximum atomic E-state index is 7.29. The molecule has 1 heterocycles. The first kappa shape index (κ1) is 13.4. The minimum absolute atomic E-state index is 0.412. The first-order valence-electron chi connectivity index (χ1n) is 6.40. The molecule has 3 nitrogen and oxygen atoms in total. The molecular formula is C17H11ClN2O. The molecule has 0 N–H and O–H groups in total. The summed E-state index contributed by atoms with van der Waals surface area (Å²) in [6, 6.07) is 15.0. The van der Waals surface area contributed by atoms with Gasteiger partial charge in [0.15, 0.2) is 0 Å². The Labute approximate surface area is 127 Å². The Hall–Kier alpha value is -2.57. The van der Waals surface area contributed by atoms with Crippen LogP contribution in [-0.4, -0.2) is 4.98 Å². The highest BCUT2D eigenvalue weighted by molar-refractivity contribution is 6.35. The average Bonchev–Trinajstić information content (AvgIpc) is 2.53. The van der Waals surface area contributed by atoms with Crippen LogP contribution >= 0.6 is 11.6 Å². The van der Waals surface area contributed by atoms with Gasteiger partial charge in [0.25, 0.3) is 0 Å². The van der Waals surface area contributed by atoms with Gasteiger partial charge < -0.3 is 4.74 Å². The number of hydrogen-bond donors (Lipinski definition) is 0. The number of benzene rings is 2. The number of fused-ring (bicyclic) bond motifs is 1. The Balaban J connectivity index is 1.96. The van der Waals surface area contributed by atoms with E-state index in [2.05, 4.69) is 9.83 Å². The maximum absolute atomic E-state index is 7.29. The van der Waals surface area contributed by atoms with Crippen molar-refractivity contribution in [2.75, 3.05) is 0 Å². The molecule has 1 aromatic heterocycles.